The van der Waals surface area contributed by atoms with Gasteiger partial charge in [0.15, 0.2) is 11.6 Å². The highest BCUT2D eigenvalue weighted by molar-refractivity contribution is 5.63. The Morgan fingerprint density at radius 2 is 2.00 bits per heavy atom. The molecule has 0 aliphatic rings. The van der Waals surface area contributed by atoms with Gasteiger partial charge in [-0.2, -0.15) is 5.10 Å². The fourth-order valence-electron chi connectivity index (χ4n) is 2.34. The lowest BCUT2D eigenvalue weighted by atomic mass is 10.1. The van der Waals surface area contributed by atoms with Gasteiger partial charge in [-0.3, -0.25) is 15.2 Å². The van der Waals surface area contributed by atoms with E-state index in [4.69, 9.17) is 5.73 Å². The summed E-state index contributed by atoms with van der Waals surface area (Å²) < 4.78 is 0. The molecule has 122 valence electrons. The molecule has 3 aromatic rings. The molecule has 3 rings (SSSR count). The molecule has 0 radical (unpaired) electrons. The van der Waals surface area contributed by atoms with E-state index in [0.29, 0.717) is 17.8 Å². The van der Waals surface area contributed by atoms with Crippen LogP contribution in [0.5, 0.6) is 5.75 Å². The van der Waals surface area contributed by atoms with Gasteiger partial charge in [0.25, 0.3) is 0 Å². The maximum Gasteiger partial charge on any atom is 0.311 e. The smallest absolute Gasteiger partial charge is 0.311 e. The molecular formula is C16H15N5O3. The van der Waals surface area contributed by atoms with Gasteiger partial charge < -0.3 is 10.8 Å². The van der Waals surface area contributed by atoms with Crippen molar-refractivity contribution in [1.29, 1.82) is 0 Å². The van der Waals surface area contributed by atoms with Crippen molar-refractivity contribution in [3.8, 4) is 17.1 Å². The lowest BCUT2D eigenvalue weighted by Crippen LogP contribution is -2.15. The maximum atomic E-state index is 10.9. The Labute approximate surface area is 137 Å². The van der Waals surface area contributed by atoms with Gasteiger partial charge in [-0.1, -0.05) is 30.3 Å². The van der Waals surface area contributed by atoms with Crippen molar-refractivity contribution in [2.75, 3.05) is 0 Å². The quantitative estimate of drug-likeness (QED) is 0.487. The molecule has 0 spiro atoms. The van der Waals surface area contributed by atoms with E-state index in [2.05, 4.69) is 15.2 Å². The second-order valence-corrected chi connectivity index (χ2v) is 5.30. The van der Waals surface area contributed by atoms with Crippen LogP contribution in [0.4, 0.5) is 5.69 Å². The van der Waals surface area contributed by atoms with Gasteiger partial charge in [0, 0.05) is 11.6 Å². The van der Waals surface area contributed by atoms with Gasteiger partial charge in [0.1, 0.15) is 5.82 Å². The van der Waals surface area contributed by atoms with Crippen LogP contribution in [0.15, 0.2) is 48.5 Å². The Bertz CT molecular complexity index is 863. The lowest BCUT2D eigenvalue weighted by molar-refractivity contribution is -0.385. The summed E-state index contributed by atoms with van der Waals surface area (Å²) in [5, 5.41) is 27.2. The molecule has 0 bridgehead atoms. The zero-order valence-electron chi connectivity index (χ0n) is 12.6. The SMILES string of the molecule is N[C@@H](Cc1ccccc1)c1nc(-c2ccc(O)c([N+](=O)[O-])c2)n[nH]1. The maximum absolute atomic E-state index is 10.9. The first-order valence-corrected chi connectivity index (χ1v) is 7.24. The first-order chi connectivity index (χ1) is 11.5. The number of H-pyrrole nitrogens is 1. The second-order valence-electron chi connectivity index (χ2n) is 5.30. The molecule has 1 aromatic heterocycles. The Morgan fingerprint density at radius 1 is 1.25 bits per heavy atom. The Balaban J connectivity index is 1.83. The monoisotopic (exact) mass is 325 g/mol. The molecule has 2 aromatic carbocycles. The van der Waals surface area contributed by atoms with E-state index in [9.17, 15) is 15.2 Å². The lowest BCUT2D eigenvalue weighted by Gasteiger charge is -2.07. The van der Waals surface area contributed by atoms with Gasteiger partial charge >= 0.3 is 5.69 Å². The molecule has 1 heterocycles. The van der Waals surface area contributed by atoms with Gasteiger partial charge in [0.05, 0.1) is 11.0 Å². The third kappa shape index (κ3) is 3.23. The number of nitro benzene ring substituents is 1. The molecule has 0 saturated heterocycles. The van der Waals surface area contributed by atoms with Crippen LogP contribution >= 0.6 is 0 Å². The number of hydrogen-bond acceptors (Lipinski definition) is 6. The van der Waals surface area contributed by atoms with Crippen LogP contribution in [0.3, 0.4) is 0 Å². The summed E-state index contributed by atoms with van der Waals surface area (Å²) in [6.07, 6.45) is 0.588. The van der Waals surface area contributed by atoms with E-state index in [-0.39, 0.29) is 11.9 Å². The topological polar surface area (TPSA) is 131 Å². The number of benzene rings is 2. The van der Waals surface area contributed by atoms with Gasteiger partial charge in [-0.15, -0.1) is 0 Å². The second kappa shape index (κ2) is 6.47. The molecule has 0 unspecified atom stereocenters. The standard InChI is InChI=1S/C16H15N5O3/c17-12(8-10-4-2-1-3-5-10)16-18-15(19-20-16)11-6-7-14(22)13(9-11)21(23)24/h1-7,9,12,22H,8,17H2,(H,18,19,20)/t12-/m0/s1. The van der Waals surface area contributed by atoms with E-state index >= 15 is 0 Å². The molecule has 0 saturated carbocycles. The van der Waals surface area contributed by atoms with E-state index < -0.39 is 16.4 Å². The highest BCUT2D eigenvalue weighted by Gasteiger charge is 2.18. The zero-order valence-corrected chi connectivity index (χ0v) is 12.6. The molecule has 8 nitrogen and oxygen atoms in total. The van der Waals surface area contributed by atoms with Crippen LogP contribution in [0.25, 0.3) is 11.4 Å². The number of phenols is 1. The number of rotatable bonds is 5. The van der Waals surface area contributed by atoms with Crippen LogP contribution in [-0.4, -0.2) is 25.2 Å². The van der Waals surface area contributed by atoms with Crippen molar-refractivity contribution in [2.24, 2.45) is 5.73 Å². The number of nitro groups is 1. The third-order valence-corrected chi connectivity index (χ3v) is 3.58. The van der Waals surface area contributed by atoms with Crippen LogP contribution in [-0.2, 0) is 6.42 Å². The summed E-state index contributed by atoms with van der Waals surface area (Å²) in [6, 6.07) is 13.4. The largest absolute Gasteiger partial charge is 0.502 e. The summed E-state index contributed by atoms with van der Waals surface area (Å²) in [5.74, 6) is 0.376. The van der Waals surface area contributed by atoms with E-state index in [1.165, 1.54) is 18.2 Å². The zero-order chi connectivity index (χ0) is 17.1. The van der Waals surface area contributed by atoms with Crippen molar-refractivity contribution < 1.29 is 10.0 Å². The average molecular weight is 325 g/mol. The van der Waals surface area contributed by atoms with Gasteiger partial charge in [-0.05, 0) is 24.1 Å². The van der Waals surface area contributed by atoms with Crippen molar-refractivity contribution in [3.63, 3.8) is 0 Å². The van der Waals surface area contributed by atoms with E-state index in [0.717, 1.165) is 5.56 Å². The molecule has 24 heavy (non-hydrogen) atoms. The minimum atomic E-state index is -0.659. The predicted molar refractivity (Wildman–Crippen MR) is 87.2 cm³/mol. The number of nitrogens with two attached hydrogens (primary N) is 1. The Morgan fingerprint density at radius 3 is 2.71 bits per heavy atom. The van der Waals surface area contributed by atoms with Crippen LogP contribution < -0.4 is 5.73 Å². The van der Waals surface area contributed by atoms with Crippen molar-refractivity contribution in [3.05, 3.63) is 70.0 Å². The van der Waals surface area contributed by atoms with Crippen LogP contribution in [0, 0.1) is 10.1 Å². The number of phenolic OH excluding ortho intramolecular Hbond substituents is 1. The fourth-order valence-corrected chi connectivity index (χ4v) is 2.34. The highest BCUT2D eigenvalue weighted by Crippen LogP contribution is 2.30. The summed E-state index contributed by atoms with van der Waals surface area (Å²) in [5.41, 5.74) is 7.24. The Hall–Kier alpha value is -3.26. The third-order valence-electron chi connectivity index (χ3n) is 3.58. The predicted octanol–water partition coefficient (Wildman–Crippen LogP) is 2.33. The fraction of sp³-hybridized carbons (Fsp3) is 0.125. The van der Waals surface area contributed by atoms with Crippen molar-refractivity contribution in [2.45, 2.75) is 12.5 Å². The highest BCUT2D eigenvalue weighted by atomic mass is 16.6. The minimum absolute atomic E-state index is 0.289. The molecule has 0 amide bonds. The summed E-state index contributed by atoms with van der Waals surface area (Å²) in [7, 11) is 0. The number of nitrogens with one attached hydrogen (secondary N) is 1. The van der Waals surface area contributed by atoms with E-state index in [1.54, 1.807) is 0 Å². The molecule has 0 aliphatic heterocycles. The molecule has 0 fully saturated rings. The molecule has 1 atom stereocenters. The van der Waals surface area contributed by atoms with E-state index in [1.807, 2.05) is 30.3 Å². The average Bonchev–Trinajstić information content (AvgIpc) is 3.06. The van der Waals surface area contributed by atoms with Gasteiger partial charge in [-0.25, -0.2) is 4.98 Å². The Kier molecular flexibility index (Phi) is 4.21. The van der Waals surface area contributed by atoms with Crippen molar-refractivity contribution >= 4 is 5.69 Å². The van der Waals surface area contributed by atoms with Crippen LogP contribution in [0.1, 0.15) is 17.4 Å². The number of nitrogens with zero attached hydrogens (tertiary/aromatic N) is 3. The summed E-state index contributed by atoms with van der Waals surface area (Å²) >= 11 is 0. The molecule has 0 aliphatic carbocycles. The number of aromatic nitrogens is 3. The van der Waals surface area contributed by atoms with Crippen molar-refractivity contribution in [1.82, 2.24) is 15.2 Å². The molecule has 4 N–H and O–H groups in total. The molecule has 8 heteroatoms. The number of hydrogen-bond donors (Lipinski definition) is 3. The number of aromatic amines is 1. The summed E-state index contributed by atoms with van der Waals surface area (Å²) in [4.78, 5) is 14.6. The molecular weight excluding hydrogens is 310 g/mol. The number of aromatic hydroxyl groups is 1. The normalized spacial score (nSPS) is 12.0. The minimum Gasteiger partial charge on any atom is -0.502 e. The summed E-state index contributed by atoms with van der Waals surface area (Å²) in [6.45, 7) is 0. The first kappa shape index (κ1) is 15.6. The van der Waals surface area contributed by atoms with Crippen LogP contribution in [0.2, 0.25) is 0 Å². The first-order valence-electron chi connectivity index (χ1n) is 7.24. The van der Waals surface area contributed by atoms with Gasteiger partial charge in [0.2, 0.25) is 0 Å².